The van der Waals surface area contributed by atoms with Crippen LogP contribution < -0.4 is 10.3 Å². The Morgan fingerprint density at radius 3 is 2.32 bits per heavy atom. The lowest BCUT2D eigenvalue weighted by Crippen LogP contribution is -2.41. The molecule has 0 heterocycles. The Bertz CT molecular complexity index is 952. The first-order valence-electron chi connectivity index (χ1n) is 9.51. The fourth-order valence-electron chi connectivity index (χ4n) is 3.24. The Morgan fingerprint density at radius 1 is 0.964 bits per heavy atom. The van der Waals surface area contributed by atoms with Gasteiger partial charge in [0.1, 0.15) is 0 Å². The fourth-order valence-corrected chi connectivity index (χ4v) is 4.10. The van der Waals surface area contributed by atoms with Crippen LogP contribution in [-0.4, -0.2) is 14.3 Å². The van der Waals surface area contributed by atoms with Crippen molar-refractivity contribution in [1.29, 1.82) is 0 Å². The van der Waals surface area contributed by atoms with Gasteiger partial charge >= 0.3 is 0 Å². The van der Waals surface area contributed by atoms with E-state index in [4.69, 9.17) is 0 Å². The number of benzene rings is 2. The third kappa shape index (κ3) is 5.69. The van der Waals surface area contributed by atoms with Gasteiger partial charge in [0.25, 0.3) is 15.9 Å². The van der Waals surface area contributed by atoms with Crippen molar-refractivity contribution in [3.63, 3.8) is 0 Å². The molecule has 146 valence electrons. The molecule has 2 N–H and O–H groups in total. The van der Waals surface area contributed by atoms with Crippen molar-refractivity contribution in [2.24, 2.45) is 5.92 Å². The number of carbonyl (C=O) groups is 1. The molecule has 0 aliphatic heterocycles. The van der Waals surface area contributed by atoms with Crippen molar-refractivity contribution < 1.29 is 13.2 Å². The number of carbonyl (C=O) groups excluding carboxylic acids is 1. The van der Waals surface area contributed by atoms with Crippen molar-refractivity contribution in [2.75, 3.05) is 0 Å². The number of amides is 1. The molecule has 0 atom stereocenters. The third-order valence-corrected chi connectivity index (χ3v) is 6.11. The largest absolute Gasteiger partial charge is 0.273 e. The van der Waals surface area contributed by atoms with Crippen LogP contribution in [0.2, 0.25) is 0 Å². The molecule has 3 rings (SSSR count). The number of nitrogens with one attached hydrogen (secondary N) is 2. The molecule has 5 nitrogen and oxygen atoms in total. The minimum absolute atomic E-state index is 0.0823. The van der Waals surface area contributed by atoms with Crippen molar-refractivity contribution >= 4 is 15.9 Å². The number of sulfonamides is 1. The van der Waals surface area contributed by atoms with Crippen LogP contribution in [0.15, 0.2) is 59.5 Å². The Labute approximate surface area is 166 Å². The minimum Gasteiger partial charge on any atom is -0.273 e. The second-order valence-electron chi connectivity index (χ2n) is 6.96. The van der Waals surface area contributed by atoms with Crippen LogP contribution in [0.4, 0.5) is 0 Å². The molecule has 6 heteroatoms. The summed E-state index contributed by atoms with van der Waals surface area (Å²) in [4.78, 5) is 14.4. The molecular weight excluding hydrogens is 372 g/mol. The Balaban J connectivity index is 1.54. The summed E-state index contributed by atoms with van der Waals surface area (Å²) in [6.45, 7) is 0. The van der Waals surface area contributed by atoms with Crippen LogP contribution in [0.3, 0.4) is 0 Å². The molecule has 2 aromatic carbocycles. The molecule has 1 aliphatic carbocycles. The summed E-state index contributed by atoms with van der Waals surface area (Å²) in [6, 6.07) is 14.7. The summed E-state index contributed by atoms with van der Waals surface area (Å²) in [5.41, 5.74) is 3.43. The summed E-state index contributed by atoms with van der Waals surface area (Å²) >= 11 is 0. The molecule has 1 aliphatic rings. The van der Waals surface area contributed by atoms with Gasteiger partial charge < -0.3 is 0 Å². The zero-order chi connectivity index (χ0) is 19.8. The maximum atomic E-state index is 12.2. The predicted octanol–water partition coefficient (Wildman–Crippen LogP) is 3.63. The lowest BCUT2D eigenvalue weighted by molar-refractivity contribution is 0.0945. The van der Waals surface area contributed by atoms with Crippen molar-refractivity contribution in [1.82, 2.24) is 10.3 Å². The lowest BCUT2D eigenvalue weighted by Gasteiger charge is -2.18. The Hall–Kier alpha value is -2.62. The molecule has 1 saturated carbocycles. The number of hydrogen-bond acceptors (Lipinski definition) is 3. The highest BCUT2D eigenvalue weighted by Crippen LogP contribution is 2.25. The van der Waals surface area contributed by atoms with Gasteiger partial charge in [0.15, 0.2) is 0 Å². The zero-order valence-electron chi connectivity index (χ0n) is 15.6. The molecule has 2 aromatic rings. The maximum absolute atomic E-state index is 12.2. The van der Waals surface area contributed by atoms with E-state index in [-0.39, 0.29) is 4.90 Å². The predicted molar refractivity (Wildman–Crippen MR) is 109 cm³/mol. The fraction of sp³-hybridized carbons (Fsp3) is 0.318. The summed E-state index contributed by atoms with van der Waals surface area (Å²) in [7, 11) is -3.80. The van der Waals surface area contributed by atoms with Crippen LogP contribution >= 0.6 is 0 Å². The van der Waals surface area contributed by atoms with Crippen molar-refractivity contribution in [3.05, 3.63) is 65.7 Å². The van der Waals surface area contributed by atoms with Crippen molar-refractivity contribution in [3.8, 4) is 11.8 Å². The van der Waals surface area contributed by atoms with E-state index in [1.165, 1.54) is 44.2 Å². The molecule has 0 spiro atoms. The molecule has 1 amide bonds. The van der Waals surface area contributed by atoms with E-state index >= 15 is 0 Å². The lowest BCUT2D eigenvalue weighted by atomic mass is 9.87. The average Bonchev–Trinajstić information content (AvgIpc) is 2.74. The molecule has 28 heavy (non-hydrogen) atoms. The zero-order valence-corrected chi connectivity index (χ0v) is 16.5. The standard InChI is InChI=1S/C22H24N2O3S/c25-22(23-24-28(26,27)21-12-5-2-6-13-21)20-16-14-19(15-17-20)11-7-10-18-8-3-1-4-9-18/h2,5-6,12-18,24H,1,3-4,8-10H2,(H,23,25). The SMILES string of the molecule is O=C(NNS(=O)(=O)c1ccccc1)c1ccc(C#CCC2CCCCC2)cc1. The highest BCUT2D eigenvalue weighted by atomic mass is 32.2. The quantitative estimate of drug-likeness (QED) is 0.599. The second kappa shape index (κ2) is 9.54. The van der Waals surface area contributed by atoms with Gasteiger partial charge in [0.05, 0.1) is 4.90 Å². The summed E-state index contributed by atoms with van der Waals surface area (Å²) < 4.78 is 24.3. The van der Waals surface area contributed by atoms with E-state index in [0.29, 0.717) is 11.5 Å². The van der Waals surface area contributed by atoms with Crippen LogP contribution in [0, 0.1) is 17.8 Å². The van der Waals surface area contributed by atoms with E-state index in [0.717, 1.165) is 12.0 Å². The van der Waals surface area contributed by atoms with Gasteiger partial charge in [-0.2, -0.15) is 0 Å². The van der Waals surface area contributed by atoms with Gasteiger partial charge in [-0.25, -0.2) is 8.42 Å². The van der Waals surface area contributed by atoms with E-state index in [1.54, 1.807) is 42.5 Å². The summed E-state index contributed by atoms with van der Waals surface area (Å²) in [5.74, 6) is 6.57. The molecule has 0 saturated heterocycles. The van der Waals surface area contributed by atoms with Crippen LogP contribution in [0.5, 0.6) is 0 Å². The second-order valence-corrected chi connectivity index (χ2v) is 8.64. The molecule has 0 bridgehead atoms. The highest BCUT2D eigenvalue weighted by molar-refractivity contribution is 7.89. The van der Waals surface area contributed by atoms with Gasteiger partial charge in [0.2, 0.25) is 0 Å². The van der Waals surface area contributed by atoms with Gasteiger partial charge in [-0.3, -0.25) is 10.2 Å². The molecule has 1 fully saturated rings. The smallest absolute Gasteiger partial charge is 0.266 e. The van der Waals surface area contributed by atoms with E-state index < -0.39 is 15.9 Å². The van der Waals surface area contributed by atoms with Crippen LogP contribution in [0.1, 0.15) is 54.4 Å². The molecule has 0 unspecified atom stereocenters. The van der Waals surface area contributed by atoms with Crippen LogP contribution in [0.25, 0.3) is 0 Å². The van der Waals surface area contributed by atoms with E-state index in [1.807, 2.05) is 0 Å². The molecule has 0 aromatic heterocycles. The minimum atomic E-state index is -3.80. The summed E-state index contributed by atoms with van der Waals surface area (Å²) in [6.07, 6.45) is 7.42. The topological polar surface area (TPSA) is 75.3 Å². The van der Waals surface area contributed by atoms with Crippen LogP contribution in [-0.2, 0) is 10.0 Å². The molecular formula is C22H24N2O3S. The van der Waals surface area contributed by atoms with Gasteiger partial charge in [-0.05, 0) is 55.2 Å². The third-order valence-electron chi connectivity index (χ3n) is 4.85. The van der Waals surface area contributed by atoms with E-state index in [2.05, 4.69) is 22.1 Å². The number of hydrogen-bond donors (Lipinski definition) is 2. The number of hydrazine groups is 1. The molecule has 0 radical (unpaired) electrons. The highest BCUT2D eigenvalue weighted by Gasteiger charge is 2.15. The average molecular weight is 397 g/mol. The Morgan fingerprint density at radius 2 is 1.64 bits per heavy atom. The normalized spacial score (nSPS) is 14.7. The number of rotatable bonds is 5. The van der Waals surface area contributed by atoms with Gasteiger partial charge in [0, 0.05) is 17.5 Å². The van der Waals surface area contributed by atoms with Crippen molar-refractivity contribution in [2.45, 2.75) is 43.4 Å². The maximum Gasteiger partial charge on any atom is 0.266 e. The summed E-state index contributed by atoms with van der Waals surface area (Å²) in [5, 5.41) is 0. The first-order chi connectivity index (χ1) is 13.5. The van der Waals surface area contributed by atoms with Gasteiger partial charge in [-0.15, -0.1) is 4.83 Å². The Kier molecular flexibility index (Phi) is 6.85. The first kappa shape index (κ1) is 20.1. The first-order valence-corrected chi connectivity index (χ1v) is 11.0. The van der Waals surface area contributed by atoms with Gasteiger partial charge in [-0.1, -0.05) is 49.3 Å². The van der Waals surface area contributed by atoms with E-state index in [9.17, 15) is 13.2 Å². The monoisotopic (exact) mass is 396 g/mol.